The van der Waals surface area contributed by atoms with Gasteiger partial charge in [-0.05, 0) is 24.3 Å². The molecule has 0 aliphatic heterocycles. The molecule has 0 bridgehead atoms. The lowest BCUT2D eigenvalue weighted by Crippen LogP contribution is -2.35. The number of ether oxygens (including phenoxy) is 1. The van der Waals surface area contributed by atoms with Crippen LogP contribution in [0.5, 0.6) is 0 Å². The lowest BCUT2D eigenvalue weighted by atomic mass is 10.2. The van der Waals surface area contributed by atoms with Crippen LogP contribution in [0.1, 0.15) is 10.4 Å². The van der Waals surface area contributed by atoms with Gasteiger partial charge in [0, 0.05) is 11.8 Å². The van der Waals surface area contributed by atoms with Gasteiger partial charge in [-0.25, -0.2) is 18.0 Å². The summed E-state index contributed by atoms with van der Waals surface area (Å²) in [6.45, 7) is -1.29. The number of halogens is 5. The Morgan fingerprint density at radius 2 is 1.61 bits per heavy atom. The molecule has 2 rings (SSSR count). The van der Waals surface area contributed by atoms with E-state index in [1.54, 1.807) is 0 Å². The Bertz CT molecular complexity index is 941. The maximum absolute atomic E-state index is 13.4. The standard InChI is InChI=1S/C17H11Cl2F3N2O4/c18-10-5-11(19)13(21)4-9(10)17(27)28-7-16(26)23-6-15(25)24-8-1-2-12(20)14(22)3-8/h1-5H,6-7H2,(H,23,26)(H,24,25). The van der Waals surface area contributed by atoms with E-state index in [9.17, 15) is 27.6 Å². The maximum Gasteiger partial charge on any atom is 0.340 e. The van der Waals surface area contributed by atoms with Gasteiger partial charge in [0.2, 0.25) is 5.91 Å². The van der Waals surface area contributed by atoms with Gasteiger partial charge in [0.05, 0.1) is 22.2 Å². The van der Waals surface area contributed by atoms with Crippen LogP contribution in [0, 0.1) is 17.5 Å². The first-order valence-electron chi connectivity index (χ1n) is 7.50. The SMILES string of the molecule is O=C(COC(=O)c1cc(F)c(Cl)cc1Cl)NCC(=O)Nc1ccc(F)c(F)c1. The molecule has 0 aliphatic carbocycles. The van der Waals surface area contributed by atoms with Crippen molar-refractivity contribution in [2.24, 2.45) is 0 Å². The Balaban J connectivity index is 1.80. The molecule has 0 heterocycles. The molecule has 148 valence electrons. The summed E-state index contributed by atoms with van der Waals surface area (Å²) in [6, 6.07) is 4.51. The second-order valence-corrected chi connectivity index (χ2v) is 6.09. The van der Waals surface area contributed by atoms with Crippen molar-refractivity contribution in [3.05, 3.63) is 63.4 Å². The van der Waals surface area contributed by atoms with Gasteiger partial charge >= 0.3 is 5.97 Å². The van der Waals surface area contributed by atoms with Crippen molar-refractivity contribution in [3.63, 3.8) is 0 Å². The topological polar surface area (TPSA) is 84.5 Å². The molecular weight excluding hydrogens is 424 g/mol. The molecule has 0 spiro atoms. The molecule has 0 aromatic heterocycles. The van der Waals surface area contributed by atoms with Crippen LogP contribution >= 0.6 is 23.2 Å². The predicted octanol–water partition coefficient (Wildman–Crippen LogP) is 3.32. The number of rotatable bonds is 6. The smallest absolute Gasteiger partial charge is 0.340 e. The minimum absolute atomic E-state index is 0.0102. The van der Waals surface area contributed by atoms with Crippen molar-refractivity contribution < 1.29 is 32.3 Å². The van der Waals surface area contributed by atoms with Gasteiger partial charge in [-0.3, -0.25) is 9.59 Å². The van der Waals surface area contributed by atoms with E-state index in [2.05, 4.69) is 15.4 Å². The van der Waals surface area contributed by atoms with Crippen LogP contribution in [0.25, 0.3) is 0 Å². The zero-order valence-corrected chi connectivity index (χ0v) is 15.3. The Morgan fingerprint density at radius 3 is 2.29 bits per heavy atom. The first kappa shape index (κ1) is 21.5. The molecule has 0 fully saturated rings. The maximum atomic E-state index is 13.4. The number of hydrogen-bond acceptors (Lipinski definition) is 4. The highest BCUT2D eigenvalue weighted by molar-refractivity contribution is 6.36. The Labute approximate surface area is 166 Å². The fourth-order valence-corrected chi connectivity index (χ4v) is 2.36. The average Bonchev–Trinajstić information content (AvgIpc) is 2.64. The van der Waals surface area contributed by atoms with Crippen molar-refractivity contribution in [2.45, 2.75) is 0 Å². The number of carbonyl (C=O) groups excluding carboxylic acids is 3. The van der Waals surface area contributed by atoms with Crippen LogP contribution in [0.3, 0.4) is 0 Å². The largest absolute Gasteiger partial charge is 0.452 e. The molecule has 0 saturated carbocycles. The van der Waals surface area contributed by atoms with Crippen LogP contribution in [-0.2, 0) is 14.3 Å². The number of amides is 2. The van der Waals surface area contributed by atoms with Crippen LogP contribution in [-0.4, -0.2) is 30.9 Å². The van der Waals surface area contributed by atoms with Crippen LogP contribution in [0.4, 0.5) is 18.9 Å². The van der Waals surface area contributed by atoms with Crippen molar-refractivity contribution >= 4 is 46.7 Å². The predicted molar refractivity (Wildman–Crippen MR) is 94.7 cm³/mol. The fourth-order valence-electron chi connectivity index (χ4n) is 1.90. The number of anilines is 1. The lowest BCUT2D eigenvalue weighted by molar-refractivity contribution is -0.126. The summed E-state index contributed by atoms with van der Waals surface area (Å²) in [5, 5.41) is 3.93. The number of benzene rings is 2. The van der Waals surface area contributed by atoms with E-state index >= 15 is 0 Å². The van der Waals surface area contributed by atoms with E-state index in [1.807, 2.05) is 0 Å². The van der Waals surface area contributed by atoms with Gasteiger partial charge in [0.25, 0.3) is 5.91 Å². The third kappa shape index (κ3) is 5.86. The minimum atomic E-state index is -1.15. The number of esters is 1. The van der Waals surface area contributed by atoms with E-state index in [-0.39, 0.29) is 21.3 Å². The zero-order valence-electron chi connectivity index (χ0n) is 13.8. The van der Waals surface area contributed by atoms with Gasteiger partial charge in [0.15, 0.2) is 18.2 Å². The molecular formula is C17H11Cl2F3N2O4. The molecule has 0 radical (unpaired) electrons. The molecule has 11 heteroatoms. The molecule has 0 aliphatic rings. The first-order chi connectivity index (χ1) is 13.2. The molecule has 6 nitrogen and oxygen atoms in total. The van der Waals surface area contributed by atoms with Crippen LogP contribution in [0.2, 0.25) is 10.0 Å². The highest BCUT2D eigenvalue weighted by Gasteiger charge is 2.17. The van der Waals surface area contributed by atoms with Crippen molar-refractivity contribution in [3.8, 4) is 0 Å². The van der Waals surface area contributed by atoms with Crippen LogP contribution < -0.4 is 10.6 Å². The van der Waals surface area contributed by atoms with E-state index in [0.717, 1.165) is 30.3 Å². The zero-order chi connectivity index (χ0) is 20.8. The molecule has 2 N–H and O–H groups in total. The van der Waals surface area contributed by atoms with Gasteiger partial charge in [-0.15, -0.1) is 0 Å². The second kappa shape index (κ2) is 9.43. The molecule has 2 aromatic carbocycles. The van der Waals surface area contributed by atoms with E-state index in [1.165, 1.54) is 0 Å². The fraction of sp³-hybridized carbons (Fsp3) is 0.118. The monoisotopic (exact) mass is 434 g/mol. The molecule has 28 heavy (non-hydrogen) atoms. The van der Waals surface area contributed by atoms with E-state index in [4.69, 9.17) is 23.2 Å². The third-order valence-corrected chi connectivity index (χ3v) is 3.82. The van der Waals surface area contributed by atoms with Gasteiger partial charge in [-0.1, -0.05) is 23.2 Å². The lowest BCUT2D eigenvalue weighted by Gasteiger charge is -2.09. The van der Waals surface area contributed by atoms with Crippen molar-refractivity contribution in [1.29, 1.82) is 0 Å². The first-order valence-corrected chi connectivity index (χ1v) is 8.26. The Hall–Kier alpha value is -2.78. The second-order valence-electron chi connectivity index (χ2n) is 5.28. The number of carbonyl (C=O) groups is 3. The average molecular weight is 435 g/mol. The molecule has 0 unspecified atom stereocenters. The summed E-state index contributed by atoms with van der Waals surface area (Å²) in [5.74, 6) is -5.74. The normalized spacial score (nSPS) is 10.3. The minimum Gasteiger partial charge on any atom is -0.452 e. The summed E-state index contributed by atoms with van der Waals surface area (Å²) in [6.07, 6.45) is 0. The molecule has 2 amide bonds. The van der Waals surface area contributed by atoms with Crippen LogP contribution in [0.15, 0.2) is 30.3 Å². The van der Waals surface area contributed by atoms with Gasteiger partial charge < -0.3 is 15.4 Å². The molecule has 2 aromatic rings. The van der Waals surface area contributed by atoms with Gasteiger partial charge in [0.1, 0.15) is 5.82 Å². The summed E-state index contributed by atoms with van der Waals surface area (Å²) in [4.78, 5) is 35.1. The number of hydrogen-bond donors (Lipinski definition) is 2. The van der Waals surface area contributed by atoms with Crippen molar-refractivity contribution in [1.82, 2.24) is 5.32 Å². The third-order valence-electron chi connectivity index (χ3n) is 3.21. The highest BCUT2D eigenvalue weighted by Crippen LogP contribution is 2.24. The van der Waals surface area contributed by atoms with Crippen molar-refractivity contribution in [2.75, 3.05) is 18.5 Å². The summed E-state index contributed by atoms with van der Waals surface area (Å²) in [7, 11) is 0. The summed E-state index contributed by atoms with van der Waals surface area (Å²) >= 11 is 11.3. The van der Waals surface area contributed by atoms with E-state index < -0.39 is 48.4 Å². The summed E-state index contributed by atoms with van der Waals surface area (Å²) in [5.41, 5.74) is -0.337. The molecule has 0 saturated heterocycles. The molecule has 0 atom stereocenters. The summed E-state index contributed by atoms with van der Waals surface area (Å²) < 4.78 is 43.9. The number of nitrogens with one attached hydrogen (secondary N) is 2. The van der Waals surface area contributed by atoms with Gasteiger partial charge in [-0.2, -0.15) is 0 Å². The Kier molecular flexibility index (Phi) is 7.24. The van der Waals surface area contributed by atoms with E-state index in [0.29, 0.717) is 0 Å². The Morgan fingerprint density at radius 1 is 0.893 bits per heavy atom. The quantitative estimate of drug-likeness (QED) is 0.539. The highest BCUT2D eigenvalue weighted by atomic mass is 35.5.